The van der Waals surface area contributed by atoms with Gasteiger partial charge < -0.3 is 14.3 Å². The number of aryl methyl sites for hydroxylation is 1. The number of benzene rings is 1. The van der Waals surface area contributed by atoms with E-state index in [1.165, 1.54) is 7.11 Å². The number of ether oxygens (including phenoxy) is 1. The van der Waals surface area contributed by atoms with Crippen molar-refractivity contribution in [3.63, 3.8) is 0 Å². The molecule has 1 heterocycles. The summed E-state index contributed by atoms with van der Waals surface area (Å²) in [6.07, 6.45) is 6.06. The monoisotopic (exact) mass is 286 g/mol. The van der Waals surface area contributed by atoms with E-state index in [0.717, 1.165) is 47.8 Å². The largest absolute Gasteiger partial charge is 0.502 e. The van der Waals surface area contributed by atoms with Crippen molar-refractivity contribution in [2.45, 2.75) is 32.1 Å². The van der Waals surface area contributed by atoms with Crippen LogP contribution in [-0.4, -0.2) is 12.2 Å². The van der Waals surface area contributed by atoms with Gasteiger partial charge >= 0.3 is 5.63 Å². The van der Waals surface area contributed by atoms with Crippen molar-refractivity contribution >= 4 is 11.0 Å². The van der Waals surface area contributed by atoms with E-state index in [4.69, 9.17) is 9.15 Å². The number of methoxy groups -OCH3 is 1. The fourth-order valence-corrected chi connectivity index (χ4v) is 3.14. The van der Waals surface area contributed by atoms with Crippen LogP contribution in [0.2, 0.25) is 0 Å². The Bertz CT molecular complexity index is 771. The second-order valence-electron chi connectivity index (χ2n) is 5.34. The summed E-state index contributed by atoms with van der Waals surface area (Å²) in [5.74, 6) is 0.212. The van der Waals surface area contributed by atoms with Gasteiger partial charge in [-0.15, -0.1) is 6.58 Å². The van der Waals surface area contributed by atoms with Gasteiger partial charge in [-0.1, -0.05) is 6.08 Å². The maximum Gasteiger partial charge on any atom is 0.339 e. The summed E-state index contributed by atoms with van der Waals surface area (Å²) in [5, 5.41) is 11.1. The maximum absolute atomic E-state index is 12.2. The lowest BCUT2D eigenvalue weighted by atomic mass is 9.88. The van der Waals surface area contributed by atoms with E-state index < -0.39 is 0 Å². The third kappa shape index (κ3) is 2.11. The molecule has 21 heavy (non-hydrogen) atoms. The molecule has 1 aromatic heterocycles. The molecule has 2 aromatic rings. The van der Waals surface area contributed by atoms with Gasteiger partial charge in [0.05, 0.1) is 7.11 Å². The Morgan fingerprint density at radius 1 is 1.38 bits per heavy atom. The molecule has 0 saturated heterocycles. The number of rotatable bonds is 3. The molecule has 0 aliphatic heterocycles. The molecule has 0 unspecified atom stereocenters. The van der Waals surface area contributed by atoms with Crippen LogP contribution in [-0.2, 0) is 19.3 Å². The van der Waals surface area contributed by atoms with Gasteiger partial charge in [0, 0.05) is 10.9 Å². The van der Waals surface area contributed by atoms with E-state index in [1.54, 1.807) is 12.1 Å². The number of hydrogen-bond donors (Lipinski definition) is 1. The van der Waals surface area contributed by atoms with Crippen LogP contribution in [0.3, 0.4) is 0 Å². The average Bonchev–Trinajstić information content (AvgIpc) is 2.50. The number of aromatic hydroxyl groups is 1. The fourth-order valence-electron chi connectivity index (χ4n) is 3.14. The molecular formula is C17H18O4. The molecule has 110 valence electrons. The third-order valence-corrected chi connectivity index (χ3v) is 4.10. The molecule has 1 aliphatic carbocycles. The van der Waals surface area contributed by atoms with Gasteiger partial charge in [-0.3, -0.25) is 0 Å². The summed E-state index contributed by atoms with van der Waals surface area (Å²) in [4.78, 5) is 12.2. The Balaban J connectivity index is 2.46. The predicted molar refractivity (Wildman–Crippen MR) is 81.2 cm³/mol. The predicted octanol–water partition coefficient (Wildman–Crippen LogP) is 3.11. The average molecular weight is 286 g/mol. The standard InChI is InChI=1S/C17H18O4/c1-3-6-10-9-13(20-2)15(18)16-14(10)11-7-4-5-8-12(11)17(19)21-16/h3,9,18H,1,4-8H2,2H3. The maximum atomic E-state index is 12.2. The highest BCUT2D eigenvalue weighted by Gasteiger charge is 2.23. The first-order valence-electron chi connectivity index (χ1n) is 7.15. The van der Waals surface area contributed by atoms with E-state index in [1.807, 2.05) is 0 Å². The summed E-state index contributed by atoms with van der Waals surface area (Å²) in [6, 6.07) is 1.80. The van der Waals surface area contributed by atoms with Crippen LogP contribution in [0, 0.1) is 0 Å². The highest BCUT2D eigenvalue weighted by molar-refractivity contribution is 5.91. The second kappa shape index (κ2) is 5.28. The molecule has 0 radical (unpaired) electrons. The normalized spacial score (nSPS) is 14.0. The van der Waals surface area contributed by atoms with Gasteiger partial charge in [-0.2, -0.15) is 0 Å². The molecule has 1 N–H and O–H groups in total. The minimum atomic E-state index is -0.342. The van der Waals surface area contributed by atoms with Crippen molar-refractivity contribution in [3.8, 4) is 11.5 Å². The van der Waals surface area contributed by atoms with Crippen LogP contribution in [0.1, 0.15) is 29.5 Å². The van der Waals surface area contributed by atoms with Crippen molar-refractivity contribution < 1.29 is 14.3 Å². The molecule has 0 amide bonds. The van der Waals surface area contributed by atoms with Crippen LogP contribution in [0.5, 0.6) is 11.5 Å². The first-order valence-corrected chi connectivity index (χ1v) is 7.15. The Hall–Kier alpha value is -2.23. The molecule has 1 aromatic carbocycles. The zero-order chi connectivity index (χ0) is 15.0. The summed E-state index contributed by atoms with van der Waals surface area (Å²) in [5.41, 5.74) is 2.63. The fraction of sp³-hybridized carbons (Fsp3) is 0.353. The van der Waals surface area contributed by atoms with E-state index in [-0.39, 0.29) is 17.0 Å². The highest BCUT2D eigenvalue weighted by Crippen LogP contribution is 2.40. The highest BCUT2D eigenvalue weighted by atomic mass is 16.5. The smallest absolute Gasteiger partial charge is 0.339 e. The molecular weight excluding hydrogens is 268 g/mol. The second-order valence-corrected chi connectivity index (χ2v) is 5.34. The van der Waals surface area contributed by atoms with Crippen molar-refractivity contribution in [1.29, 1.82) is 0 Å². The Kier molecular flexibility index (Phi) is 3.45. The van der Waals surface area contributed by atoms with Gasteiger partial charge in [-0.25, -0.2) is 4.79 Å². The number of phenols is 1. The van der Waals surface area contributed by atoms with E-state index in [2.05, 4.69) is 6.58 Å². The number of fused-ring (bicyclic) bond motifs is 3. The molecule has 4 nitrogen and oxygen atoms in total. The lowest BCUT2D eigenvalue weighted by Crippen LogP contribution is -2.16. The van der Waals surface area contributed by atoms with Crippen LogP contribution < -0.4 is 10.4 Å². The van der Waals surface area contributed by atoms with E-state index in [9.17, 15) is 9.90 Å². The Morgan fingerprint density at radius 3 is 2.76 bits per heavy atom. The van der Waals surface area contributed by atoms with Crippen LogP contribution in [0.15, 0.2) is 27.9 Å². The van der Waals surface area contributed by atoms with Crippen molar-refractivity contribution in [1.82, 2.24) is 0 Å². The van der Waals surface area contributed by atoms with Crippen LogP contribution in [0.4, 0.5) is 0 Å². The van der Waals surface area contributed by atoms with E-state index >= 15 is 0 Å². The van der Waals surface area contributed by atoms with Gasteiger partial charge in [0.2, 0.25) is 5.75 Å². The number of allylic oxidation sites excluding steroid dienone is 1. The lowest BCUT2D eigenvalue weighted by molar-refractivity contribution is 0.369. The molecule has 0 spiro atoms. The zero-order valence-electron chi connectivity index (χ0n) is 12.1. The first-order chi connectivity index (χ1) is 10.2. The van der Waals surface area contributed by atoms with Crippen molar-refractivity contribution in [3.05, 3.63) is 45.8 Å². The van der Waals surface area contributed by atoms with Crippen LogP contribution in [0.25, 0.3) is 11.0 Å². The van der Waals surface area contributed by atoms with Crippen molar-refractivity contribution in [2.75, 3.05) is 7.11 Å². The van der Waals surface area contributed by atoms with Crippen LogP contribution >= 0.6 is 0 Å². The summed E-state index contributed by atoms with van der Waals surface area (Å²) >= 11 is 0. The summed E-state index contributed by atoms with van der Waals surface area (Å²) in [6.45, 7) is 3.77. The molecule has 1 aliphatic rings. The quantitative estimate of drug-likeness (QED) is 0.695. The molecule has 0 bridgehead atoms. The van der Waals surface area contributed by atoms with Crippen molar-refractivity contribution in [2.24, 2.45) is 0 Å². The molecule has 0 fully saturated rings. The summed E-state index contributed by atoms with van der Waals surface area (Å²) < 4.78 is 10.6. The SMILES string of the molecule is C=CCc1cc(OC)c(O)c2oc(=O)c3c(c12)CCCC3. The number of phenolic OH excluding ortho intramolecular Hbond substituents is 1. The molecule has 0 saturated carbocycles. The number of hydrogen-bond acceptors (Lipinski definition) is 4. The van der Waals surface area contributed by atoms with Gasteiger partial charge in [0.25, 0.3) is 0 Å². The molecule has 0 atom stereocenters. The lowest BCUT2D eigenvalue weighted by Gasteiger charge is -2.19. The summed E-state index contributed by atoms with van der Waals surface area (Å²) in [7, 11) is 1.48. The first kappa shape index (κ1) is 13.7. The third-order valence-electron chi connectivity index (χ3n) is 4.10. The molecule has 4 heteroatoms. The molecule has 3 rings (SSSR count). The topological polar surface area (TPSA) is 59.7 Å². The van der Waals surface area contributed by atoms with Gasteiger partial charge in [0.1, 0.15) is 0 Å². The zero-order valence-corrected chi connectivity index (χ0v) is 12.1. The Labute approximate surface area is 122 Å². The van der Waals surface area contributed by atoms with Gasteiger partial charge in [-0.05, 0) is 49.3 Å². The Morgan fingerprint density at radius 2 is 2.10 bits per heavy atom. The minimum Gasteiger partial charge on any atom is -0.502 e. The van der Waals surface area contributed by atoms with Gasteiger partial charge in [0.15, 0.2) is 11.3 Å². The van der Waals surface area contributed by atoms with E-state index in [0.29, 0.717) is 12.2 Å². The minimum absolute atomic E-state index is 0.106.